The molecule has 1 aliphatic heterocycles. The van der Waals surface area contributed by atoms with E-state index in [-0.39, 0.29) is 23.9 Å². The number of hydrogen-bond donors (Lipinski definition) is 0. The minimum Gasteiger partial charge on any atom is -0.618 e. The van der Waals surface area contributed by atoms with Gasteiger partial charge in [-0.1, -0.05) is 0 Å². The molecule has 0 aromatic heterocycles. The van der Waals surface area contributed by atoms with Crippen LogP contribution in [0.2, 0.25) is 0 Å². The summed E-state index contributed by atoms with van der Waals surface area (Å²) in [5, 5.41) is 12.4. The molecule has 6 heteroatoms. The number of fused-ring (bicyclic) bond motifs is 1. The lowest BCUT2D eigenvalue weighted by Gasteiger charge is -2.12. The molecule has 0 N–H and O–H groups in total. The van der Waals surface area contributed by atoms with Crippen LogP contribution in [-0.2, 0) is 0 Å². The first-order valence-corrected chi connectivity index (χ1v) is 6.87. The number of ketones is 1. The number of ether oxygens (including phenoxy) is 1. The molecule has 0 radical (unpaired) electrons. The van der Waals surface area contributed by atoms with Crippen molar-refractivity contribution < 1.29 is 14.3 Å². The fraction of sp³-hybridized carbons (Fsp3) is 0.176. The minimum absolute atomic E-state index is 0. The first kappa shape index (κ1) is 16.8. The van der Waals surface area contributed by atoms with Crippen LogP contribution in [0.1, 0.15) is 15.9 Å². The van der Waals surface area contributed by atoms with E-state index in [0.29, 0.717) is 27.3 Å². The van der Waals surface area contributed by atoms with Gasteiger partial charge in [-0.3, -0.25) is 4.79 Å². The Kier molecular flexibility index (Phi) is 4.61. The molecule has 0 unspecified atom stereocenters. The minimum atomic E-state index is -0.276. The largest absolute Gasteiger partial charge is 0.618 e. The maximum Gasteiger partial charge on any atom is 0.272 e. The average Bonchev–Trinajstić information content (AvgIpc) is 2.78. The summed E-state index contributed by atoms with van der Waals surface area (Å²) in [5.74, 6) is 0.284. The molecule has 23 heavy (non-hydrogen) atoms. The lowest BCUT2D eigenvalue weighted by Crippen LogP contribution is -2.17. The zero-order valence-electron chi connectivity index (χ0n) is 13.1. The molecule has 0 saturated heterocycles. The van der Waals surface area contributed by atoms with Crippen LogP contribution in [0.15, 0.2) is 42.5 Å². The topological polar surface area (TPSA) is 55.6 Å². The van der Waals surface area contributed by atoms with Gasteiger partial charge < -0.3 is 14.8 Å². The van der Waals surface area contributed by atoms with Gasteiger partial charge >= 0.3 is 0 Å². The molecule has 0 spiro atoms. The first-order chi connectivity index (χ1) is 10.5. The number of rotatable bonds is 3. The van der Waals surface area contributed by atoms with Gasteiger partial charge in [0.1, 0.15) is 11.3 Å². The standard InChI is InChI=1S/C17H16N2O3.ClH/c1-18(2)12-6-4-11(5-7-12)16-17(20)14-10-13(22-3)8-9-15(14)19(16)21;/h4-10H,1-3H3;1H. The highest BCUT2D eigenvalue weighted by Gasteiger charge is 2.36. The Morgan fingerprint density at radius 3 is 2.30 bits per heavy atom. The third-order valence-electron chi connectivity index (χ3n) is 3.74. The summed E-state index contributed by atoms with van der Waals surface area (Å²) in [6.45, 7) is 0. The number of methoxy groups -OCH3 is 1. The summed E-state index contributed by atoms with van der Waals surface area (Å²) in [7, 11) is 5.40. The number of benzene rings is 2. The summed E-state index contributed by atoms with van der Waals surface area (Å²) in [4.78, 5) is 14.5. The van der Waals surface area contributed by atoms with Gasteiger partial charge in [0, 0.05) is 25.8 Å². The van der Waals surface area contributed by atoms with Crippen LogP contribution in [0, 0.1) is 5.21 Å². The number of hydrogen-bond acceptors (Lipinski definition) is 4. The van der Waals surface area contributed by atoms with Crippen molar-refractivity contribution in [3.05, 3.63) is 58.8 Å². The Labute approximate surface area is 140 Å². The van der Waals surface area contributed by atoms with Crippen LogP contribution in [0.5, 0.6) is 5.75 Å². The second-order valence-electron chi connectivity index (χ2n) is 5.30. The van der Waals surface area contributed by atoms with Gasteiger partial charge in [0.25, 0.3) is 11.5 Å². The van der Waals surface area contributed by atoms with Gasteiger partial charge in [-0.05, 0) is 36.4 Å². The predicted molar refractivity (Wildman–Crippen MR) is 92.7 cm³/mol. The van der Waals surface area contributed by atoms with Crippen molar-refractivity contribution in [1.29, 1.82) is 0 Å². The van der Waals surface area contributed by atoms with Crippen molar-refractivity contribution in [2.24, 2.45) is 0 Å². The zero-order chi connectivity index (χ0) is 15.9. The van der Waals surface area contributed by atoms with E-state index in [1.54, 1.807) is 30.3 Å². The van der Waals surface area contributed by atoms with Gasteiger partial charge in [-0.15, -0.1) is 12.4 Å². The van der Waals surface area contributed by atoms with Crippen molar-refractivity contribution in [2.45, 2.75) is 0 Å². The monoisotopic (exact) mass is 332 g/mol. The molecule has 0 saturated carbocycles. The molecule has 5 nitrogen and oxygen atoms in total. The van der Waals surface area contributed by atoms with E-state index in [2.05, 4.69) is 0 Å². The van der Waals surface area contributed by atoms with Crippen molar-refractivity contribution in [3.8, 4) is 5.75 Å². The SMILES string of the molecule is COc1ccc2c(c1)C(=O)C(c1ccc(N(C)C)cc1)=[N+]2[O-].Cl. The van der Waals surface area contributed by atoms with Crippen LogP contribution >= 0.6 is 12.4 Å². The van der Waals surface area contributed by atoms with E-state index in [4.69, 9.17) is 4.74 Å². The number of carbonyl (C=O) groups is 1. The number of anilines is 1. The van der Waals surface area contributed by atoms with Crippen LogP contribution in [0.25, 0.3) is 0 Å². The molecule has 3 rings (SSSR count). The van der Waals surface area contributed by atoms with E-state index < -0.39 is 0 Å². The Balaban J connectivity index is 0.00000192. The van der Waals surface area contributed by atoms with E-state index in [9.17, 15) is 10.0 Å². The summed E-state index contributed by atoms with van der Waals surface area (Å²) >= 11 is 0. The van der Waals surface area contributed by atoms with Crippen LogP contribution in [-0.4, -0.2) is 37.4 Å². The van der Waals surface area contributed by atoms with Gasteiger partial charge in [0.05, 0.1) is 12.7 Å². The quantitative estimate of drug-likeness (QED) is 0.640. The Morgan fingerprint density at radius 2 is 1.74 bits per heavy atom. The van der Waals surface area contributed by atoms with Crippen LogP contribution in [0.4, 0.5) is 11.4 Å². The molecule has 0 amide bonds. The normalized spacial score (nSPS) is 12.7. The highest BCUT2D eigenvalue weighted by Crippen LogP contribution is 2.31. The molecule has 0 fully saturated rings. The fourth-order valence-electron chi connectivity index (χ4n) is 2.51. The zero-order valence-corrected chi connectivity index (χ0v) is 13.9. The summed E-state index contributed by atoms with van der Waals surface area (Å²) in [6, 6.07) is 12.2. The average molecular weight is 333 g/mol. The molecule has 0 aliphatic carbocycles. The Bertz CT molecular complexity index is 783. The summed E-state index contributed by atoms with van der Waals surface area (Å²) in [6.07, 6.45) is 0. The maximum absolute atomic E-state index is 12.5. The molecule has 0 atom stereocenters. The molecule has 2 aromatic rings. The van der Waals surface area contributed by atoms with E-state index in [1.807, 2.05) is 31.1 Å². The van der Waals surface area contributed by atoms with E-state index in [1.165, 1.54) is 7.11 Å². The lowest BCUT2D eigenvalue weighted by atomic mass is 10.0. The number of halogens is 1. The number of carbonyl (C=O) groups excluding carboxylic acids is 1. The van der Waals surface area contributed by atoms with Gasteiger partial charge in [-0.2, -0.15) is 4.74 Å². The van der Waals surface area contributed by atoms with Crippen molar-refractivity contribution >= 4 is 35.3 Å². The van der Waals surface area contributed by atoms with E-state index >= 15 is 0 Å². The molecule has 1 aliphatic rings. The second-order valence-corrected chi connectivity index (χ2v) is 5.30. The van der Waals surface area contributed by atoms with Gasteiger partial charge in [0.15, 0.2) is 0 Å². The lowest BCUT2D eigenvalue weighted by molar-refractivity contribution is -0.355. The predicted octanol–water partition coefficient (Wildman–Crippen LogP) is 3.01. The number of nitrogens with zero attached hydrogens (tertiary/aromatic N) is 2. The second kappa shape index (κ2) is 6.30. The summed E-state index contributed by atoms with van der Waals surface area (Å²) < 4.78 is 5.81. The van der Waals surface area contributed by atoms with Crippen molar-refractivity contribution in [1.82, 2.24) is 0 Å². The highest BCUT2D eigenvalue weighted by atomic mass is 35.5. The van der Waals surface area contributed by atoms with Gasteiger partial charge in [0.2, 0.25) is 5.69 Å². The highest BCUT2D eigenvalue weighted by molar-refractivity contribution is 6.52. The molecular formula is C17H17ClN2O3. The molecule has 120 valence electrons. The third-order valence-corrected chi connectivity index (χ3v) is 3.74. The van der Waals surface area contributed by atoms with E-state index in [0.717, 1.165) is 5.69 Å². The first-order valence-electron chi connectivity index (χ1n) is 6.87. The Hall–Kier alpha value is -2.53. The van der Waals surface area contributed by atoms with Crippen LogP contribution in [0.3, 0.4) is 0 Å². The van der Waals surface area contributed by atoms with Crippen LogP contribution < -0.4 is 9.64 Å². The molecule has 1 heterocycles. The Morgan fingerprint density at radius 1 is 1.09 bits per heavy atom. The molecular weight excluding hydrogens is 316 g/mol. The molecule has 2 aromatic carbocycles. The van der Waals surface area contributed by atoms with Crippen molar-refractivity contribution in [3.63, 3.8) is 0 Å². The smallest absolute Gasteiger partial charge is 0.272 e. The fourth-order valence-corrected chi connectivity index (χ4v) is 2.51. The number of Topliss-reactive ketones (excluding diaryl/α,β-unsaturated/α-hetero) is 1. The van der Waals surface area contributed by atoms with Gasteiger partial charge in [-0.25, -0.2) is 0 Å². The summed E-state index contributed by atoms with van der Waals surface area (Å²) in [5.41, 5.74) is 2.50. The van der Waals surface area contributed by atoms with Crippen molar-refractivity contribution in [2.75, 3.05) is 26.1 Å². The maximum atomic E-state index is 12.5. The third kappa shape index (κ3) is 2.75. The molecule has 0 bridgehead atoms.